The van der Waals surface area contributed by atoms with Crippen molar-refractivity contribution in [2.24, 2.45) is 0 Å². The maximum atomic E-state index is 13.3. The van der Waals surface area contributed by atoms with Gasteiger partial charge in [-0.2, -0.15) is 0 Å². The molecule has 0 saturated carbocycles. The third-order valence-electron chi connectivity index (χ3n) is 4.98. The molecule has 4 rings (SSSR count). The summed E-state index contributed by atoms with van der Waals surface area (Å²) in [7, 11) is 0. The van der Waals surface area contributed by atoms with Crippen LogP contribution in [0.4, 0.5) is 16.2 Å². The number of hydrogen-bond donors (Lipinski definition) is 3. The van der Waals surface area contributed by atoms with Crippen LogP contribution in [0.15, 0.2) is 78.9 Å². The van der Waals surface area contributed by atoms with Crippen molar-refractivity contribution in [1.29, 1.82) is 0 Å². The van der Waals surface area contributed by atoms with Gasteiger partial charge in [0, 0.05) is 17.8 Å². The Bertz CT molecular complexity index is 1050. The van der Waals surface area contributed by atoms with E-state index in [2.05, 4.69) is 10.6 Å². The van der Waals surface area contributed by atoms with Crippen molar-refractivity contribution in [3.8, 4) is 0 Å². The summed E-state index contributed by atoms with van der Waals surface area (Å²) in [6.07, 6.45) is 0. The Morgan fingerprint density at radius 1 is 1.00 bits per heavy atom. The number of fused-ring (bicyclic) bond motifs is 1. The molecular formula is C23H21N3O3. The second kappa shape index (κ2) is 7.41. The number of aliphatic hydroxyl groups is 1. The van der Waals surface area contributed by atoms with Gasteiger partial charge in [0.25, 0.3) is 11.6 Å². The first-order valence-electron chi connectivity index (χ1n) is 9.32. The Morgan fingerprint density at radius 3 is 2.38 bits per heavy atom. The lowest BCUT2D eigenvalue weighted by Crippen LogP contribution is -2.62. The van der Waals surface area contributed by atoms with E-state index in [0.29, 0.717) is 16.9 Å². The van der Waals surface area contributed by atoms with Gasteiger partial charge < -0.3 is 15.7 Å². The van der Waals surface area contributed by atoms with Crippen LogP contribution in [0, 0.1) is 6.92 Å². The van der Waals surface area contributed by atoms with Crippen molar-refractivity contribution in [2.45, 2.75) is 19.2 Å². The quantitative estimate of drug-likeness (QED) is 0.641. The van der Waals surface area contributed by atoms with E-state index in [9.17, 15) is 14.7 Å². The van der Waals surface area contributed by atoms with E-state index < -0.39 is 17.7 Å². The molecule has 0 spiro atoms. The van der Waals surface area contributed by atoms with Crippen LogP contribution in [0.5, 0.6) is 0 Å². The first-order chi connectivity index (χ1) is 14.0. The molecule has 0 aromatic heterocycles. The monoisotopic (exact) mass is 387 g/mol. The molecule has 0 fully saturated rings. The van der Waals surface area contributed by atoms with Crippen LogP contribution in [0.3, 0.4) is 0 Å². The summed E-state index contributed by atoms with van der Waals surface area (Å²) in [4.78, 5) is 27.2. The van der Waals surface area contributed by atoms with E-state index in [1.54, 1.807) is 54.6 Å². The summed E-state index contributed by atoms with van der Waals surface area (Å²) in [5, 5.41) is 17.2. The average molecular weight is 387 g/mol. The van der Waals surface area contributed by atoms with Crippen LogP contribution in [-0.2, 0) is 17.1 Å². The molecule has 3 aromatic rings. The largest absolute Gasteiger partial charge is 0.359 e. The zero-order valence-corrected chi connectivity index (χ0v) is 15.9. The molecule has 1 aliphatic heterocycles. The summed E-state index contributed by atoms with van der Waals surface area (Å²) in [6.45, 7) is 2.22. The molecule has 3 N–H and O–H groups in total. The predicted octanol–water partition coefficient (Wildman–Crippen LogP) is 3.51. The third kappa shape index (κ3) is 3.34. The standard InChI is InChI=1S/C23H21N3O3/c1-16-11-13-17(14-12-16)15-24-21(27)23(29)19-9-5-6-10-20(19)25-22(28)26(23)18-7-3-2-4-8-18/h2-14,29H,15H2,1H3,(H,24,27)(H,25,28)/t23-/m0/s1. The van der Waals surface area contributed by atoms with Gasteiger partial charge in [-0.25, -0.2) is 4.79 Å². The van der Waals surface area contributed by atoms with Gasteiger partial charge in [0.15, 0.2) is 0 Å². The fraction of sp³-hybridized carbons (Fsp3) is 0.130. The molecule has 6 heteroatoms. The topological polar surface area (TPSA) is 81.7 Å². The first kappa shape index (κ1) is 18.7. The Labute approximate surface area is 168 Å². The van der Waals surface area contributed by atoms with Gasteiger partial charge in [-0.3, -0.25) is 9.69 Å². The van der Waals surface area contributed by atoms with Gasteiger partial charge >= 0.3 is 6.03 Å². The molecular weight excluding hydrogens is 366 g/mol. The Kier molecular flexibility index (Phi) is 4.78. The number of carbonyl (C=O) groups excluding carboxylic acids is 2. The van der Waals surface area contributed by atoms with Gasteiger partial charge in [-0.1, -0.05) is 66.2 Å². The van der Waals surface area contributed by atoms with Crippen molar-refractivity contribution in [2.75, 3.05) is 10.2 Å². The number of nitrogens with zero attached hydrogens (tertiary/aromatic N) is 1. The molecule has 0 saturated heterocycles. The van der Waals surface area contributed by atoms with Crippen LogP contribution in [0.2, 0.25) is 0 Å². The summed E-state index contributed by atoms with van der Waals surface area (Å²) < 4.78 is 0. The highest BCUT2D eigenvalue weighted by molar-refractivity contribution is 6.11. The summed E-state index contributed by atoms with van der Waals surface area (Å²) >= 11 is 0. The highest BCUT2D eigenvalue weighted by atomic mass is 16.3. The Morgan fingerprint density at radius 2 is 1.66 bits per heavy atom. The average Bonchev–Trinajstić information content (AvgIpc) is 2.74. The predicted molar refractivity (Wildman–Crippen MR) is 111 cm³/mol. The zero-order valence-electron chi connectivity index (χ0n) is 15.9. The second-order valence-corrected chi connectivity index (χ2v) is 6.99. The lowest BCUT2D eigenvalue weighted by Gasteiger charge is -2.42. The molecule has 0 radical (unpaired) electrons. The van der Waals surface area contributed by atoms with Gasteiger partial charge in [0.1, 0.15) is 0 Å². The van der Waals surface area contributed by atoms with E-state index in [0.717, 1.165) is 16.0 Å². The second-order valence-electron chi connectivity index (χ2n) is 6.99. The van der Waals surface area contributed by atoms with Crippen LogP contribution in [0.25, 0.3) is 0 Å². The highest BCUT2D eigenvalue weighted by Crippen LogP contribution is 2.39. The summed E-state index contributed by atoms with van der Waals surface area (Å²) in [6, 6.07) is 22.5. The first-order valence-corrected chi connectivity index (χ1v) is 9.32. The summed E-state index contributed by atoms with van der Waals surface area (Å²) in [5.41, 5.74) is 0.944. The molecule has 1 heterocycles. The molecule has 146 valence electrons. The number of amides is 3. The van der Waals surface area contributed by atoms with E-state index in [1.807, 2.05) is 31.2 Å². The fourth-order valence-electron chi connectivity index (χ4n) is 3.45. The van der Waals surface area contributed by atoms with Crippen LogP contribution in [0.1, 0.15) is 16.7 Å². The molecule has 3 amide bonds. The molecule has 0 aliphatic carbocycles. The van der Waals surface area contributed by atoms with Gasteiger partial charge in [-0.05, 0) is 30.7 Å². The lowest BCUT2D eigenvalue weighted by atomic mass is 9.94. The van der Waals surface area contributed by atoms with Crippen LogP contribution < -0.4 is 15.5 Å². The minimum atomic E-state index is -2.19. The maximum Gasteiger partial charge on any atom is 0.329 e. The number of hydrogen-bond acceptors (Lipinski definition) is 3. The minimum Gasteiger partial charge on any atom is -0.359 e. The number of carbonyl (C=O) groups is 2. The number of para-hydroxylation sites is 2. The number of anilines is 2. The van der Waals surface area contributed by atoms with Crippen molar-refractivity contribution in [1.82, 2.24) is 5.32 Å². The van der Waals surface area contributed by atoms with Crippen molar-refractivity contribution in [3.05, 3.63) is 95.6 Å². The minimum absolute atomic E-state index is 0.230. The van der Waals surface area contributed by atoms with Gasteiger partial charge in [0.05, 0.1) is 5.69 Å². The van der Waals surface area contributed by atoms with E-state index in [4.69, 9.17) is 0 Å². The normalized spacial score (nSPS) is 18.0. The molecule has 1 aliphatic rings. The van der Waals surface area contributed by atoms with Crippen molar-refractivity contribution in [3.63, 3.8) is 0 Å². The summed E-state index contributed by atoms with van der Waals surface area (Å²) in [5.74, 6) is -0.677. The van der Waals surface area contributed by atoms with Crippen LogP contribution >= 0.6 is 0 Å². The van der Waals surface area contributed by atoms with Gasteiger partial charge in [0.2, 0.25) is 0 Å². The smallest absolute Gasteiger partial charge is 0.329 e. The number of benzene rings is 3. The maximum absolute atomic E-state index is 13.3. The van der Waals surface area contributed by atoms with Crippen molar-refractivity contribution >= 4 is 23.3 Å². The third-order valence-corrected chi connectivity index (χ3v) is 4.98. The Hall–Kier alpha value is -3.64. The van der Waals surface area contributed by atoms with Crippen molar-refractivity contribution < 1.29 is 14.7 Å². The zero-order chi connectivity index (χ0) is 20.4. The molecule has 6 nitrogen and oxygen atoms in total. The SMILES string of the molecule is Cc1ccc(CNC(=O)[C@@]2(O)c3ccccc3NC(=O)N2c2ccccc2)cc1. The van der Waals surface area contributed by atoms with E-state index in [-0.39, 0.29) is 6.54 Å². The molecule has 3 aromatic carbocycles. The number of nitrogens with one attached hydrogen (secondary N) is 2. The lowest BCUT2D eigenvalue weighted by molar-refractivity contribution is -0.140. The molecule has 29 heavy (non-hydrogen) atoms. The number of rotatable bonds is 4. The Balaban J connectivity index is 1.73. The molecule has 1 atom stereocenters. The van der Waals surface area contributed by atoms with Crippen LogP contribution in [-0.4, -0.2) is 17.0 Å². The van der Waals surface area contributed by atoms with E-state index in [1.165, 1.54) is 0 Å². The highest BCUT2D eigenvalue weighted by Gasteiger charge is 2.51. The van der Waals surface area contributed by atoms with E-state index >= 15 is 0 Å². The fourth-order valence-corrected chi connectivity index (χ4v) is 3.45. The van der Waals surface area contributed by atoms with Gasteiger partial charge in [-0.15, -0.1) is 0 Å². The number of aryl methyl sites for hydroxylation is 1. The number of urea groups is 1. The molecule has 0 unspecified atom stereocenters. The molecule has 0 bridgehead atoms.